The molecule has 2 aromatic carbocycles. The number of methoxy groups -OCH3 is 1. The quantitative estimate of drug-likeness (QED) is 0.440. The average Bonchev–Trinajstić information content (AvgIpc) is 3.15. The van der Waals surface area contributed by atoms with Gasteiger partial charge in [-0.15, -0.1) is 11.3 Å². The predicted octanol–water partition coefficient (Wildman–Crippen LogP) is 5.56. The molecule has 0 N–H and O–H groups in total. The van der Waals surface area contributed by atoms with Gasteiger partial charge in [-0.25, -0.2) is 9.97 Å². The molecule has 27 heavy (non-hydrogen) atoms. The second kappa shape index (κ2) is 7.63. The average molecular weight is 378 g/mol. The zero-order chi connectivity index (χ0) is 18.6. The maximum Gasteiger partial charge on any atom is 0.231 e. The number of thiophene rings is 1. The fourth-order valence-corrected chi connectivity index (χ4v) is 3.70. The predicted molar refractivity (Wildman–Crippen MR) is 107 cm³/mol. The Morgan fingerprint density at radius 3 is 2.30 bits per heavy atom. The first kappa shape index (κ1) is 17.3. The molecule has 0 atom stereocenters. The Morgan fingerprint density at radius 1 is 0.889 bits per heavy atom. The maximum atomic E-state index is 6.07. The second-order valence-electron chi connectivity index (χ2n) is 5.74. The molecule has 4 aromatic rings. The van der Waals surface area contributed by atoms with Gasteiger partial charge in [0.2, 0.25) is 5.88 Å². The fraction of sp³-hybridized carbons (Fsp3) is 0.143. The lowest BCUT2D eigenvalue weighted by molar-refractivity contribution is 0.339. The number of nitrogens with zero attached hydrogens (tertiary/aromatic N) is 2. The van der Waals surface area contributed by atoms with Crippen molar-refractivity contribution < 1.29 is 14.2 Å². The van der Waals surface area contributed by atoms with Crippen LogP contribution in [0.5, 0.6) is 23.1 Å². The fourth-order valence-electron chi connectivity index (χ4n) is 2.79. The van der Waals surface area contributed by atoms with Gasteiger partial charge in [0.05, 0.1) is 19.1 Å². The Kier molecular flexibility index (Phi) is 4.89. The highest BCUT2D eigenvalue weighted by atomic mass is 32.1. The number of benzene rings is 2. The first-order valence-corrected chi connectivity index (χ1v) is 9.44. The van der Waals surface area contributed by atoms with E-state index < -0.39 is 0 Å². The van der Waals surface area contributed by atoms with E-state index in [0.29, 0.717) is 18.2 Å². The van der Waals surface area contributed by atoms with E-state index in [-0.39, 0.29) is 0 Å². The molecule has 136 valence electrons. The van der Waals surface area contributed by atoms with Crippen LogP contribution in [0, 0.1) is 0 Å². The topological polar surface area (TPSA) is 53.5 Å². The molecule has 0 saturated heterocycles. The van der Waals surface area contributed by atoms with Crippen LogP contribution in [-0.2, 0) is 0 Å². The van der Waals surface area contributed by atoms with E-state index in [0.717, 1.165) is 32.8 Å². The molecule has 0 fully saturated rings. The lowest BCUT2D eigenvalue weighted by Gasteiger charge is -2.09. The lowest BCUT2D eigenvalue weighted by atomic mass is 10.1. The number of hydrogen-bond acceptors (Lipinski definition) is 6. The summed E-state index contributed by atoms with van der Waals surface area (Å²) in [4.78, 5) is 9.64. The van der Waals surface area contributed by atoms with Crippen molar-refractivity contribution in [3.05, 3.63) is 60.2 Å². The molecule has 6 heteroatoms. The molecule has 2 heterocycles. The molecule has 0 aliphatic carbocycles. The highest BCUT2D eigenvalue weighted by molar-refractivity contribution is 7.17. The van der Waals surface area contributed by atoms with E-state index in [1.807, 2.05) is 55.5 Å². The summed E-state index contributed by atoms with van der Waals surface area (Å²) in [6, 6.07) is 15.4. The van der Waals surface area contributed by atoms with E-state index >= 15 is 0 Å². The smallest absolute Gasteiger partial charge is 0.231 e. The van der Waals surface area contributed by atoms with Crippen molar-refractivity contribution in [2.24, 2.45) is 0 Å². The molecule has 0 bridgehead atoms. The van der Waals surface area contributed by atoms with Gasteiger partial charge in [-0.05, 0) is 48.9 Å². The van der Waals surface area contributed by atoms with Gasteiger partial charge in [0.25, 0.3) is 0 Å². The molecule has 0 aliphatic heterocycles. The normalized spacial score (nSPS) is 10.7. The first-order chi connectivity index (χ1) is 13.3. The highest BCUT2D eigenvalue weighted by Crippen LogP contribution is 2.39. The zero-order valence-corrected chi connectivity index (χ0v) is 15.8. The maximum absolute atomic E-state index is 6.07. The molecule has 0 spiro atoms. The second-order valence-corrected chi connectivity index (χ2v) is 6.60. The first-order valence-electron chi connectivity index (χ1n) is 8.56. The van der Waals surface area contributed by atoms with Crippen LogP contribution in [0.2, 0.25) is 0 Å². The molecule has 4 rings (SSSR count). The molecule has 5 nitrogen and oxygen atoms in total. The van der Waals surface area contributed by atoms with Crippen molar-refractivity contribution in [1.82, 2.24) is 9.97 Å². The van der Waals surface area contributed by atoms with Gasteiger partial charge in [0.1, 0.15) is 28.4 Å². The lowest BCUT2D eigenvalue weighted by Crippen LogP contribution is -1.93. The number of rotatable bonds is 6. The largest absolute Gasteiger partial charge is 0.497 e. The third-order valence-electron chi connectivity index (χ3n) is 4.09. The van der Waals surface area contributed by atoms with Crippen molar-refractivity contribution in [1.29, 1.82) is 0 Å². The Balaban J connectivity index is 1.71. The van der Waals surface area contributed by atoms with Crippen LogP contribution < -0.4 is 14.2 Å². The molecule has 0 amide bonds. The standard InChI is InChI=1S/C21H18N2O3S/c1-3-25-16-8-10-17(11-9-16)26-20-19-18(12-27-21(19)23-13-22-20)14-4-6-15(24-2)7-5-14/h4-13H,3H2,1-2H3. The van der Waals surface area contributed by atoms with Gasteiger partial charge in [0.15, 0.2) is 0 Å². The highest BCUT2D eigenvalue weighted by Gasteiger charge is 2.15. The molecule has 0 unspecified atom stereocenters. The van der Waals surface area contributed by atoms with Crippen LogP contribution in [0.4, 0.5) is 0 Å². The monoisotopic (exact) mass is 378 g/mol. The number of ether oxygens (including phenoxy) is 3. The van der Waals surface area contributed by atoms with E-state index in [4.69, 9.17) is 14.2 Å². The minimum absolute atomic E-state index is 0.538. The summed E-state index contributed by atoms with van der Waals surface area (Å²) >= 11 is 1.57. The Bertz CT molecular complexity index is 1040. The van der Waals surface area contributed by atoms with Gasteiger partial charge in [-0.1, -0.05) is 12.1 Å². The van der Waals surface area contributed by atoms with Crippen molar-refractivity contribution >= 4 is 21.6 Å². The van der Waals surface area contributed by atoms with Crippen LogP contribution in [0.1, 0.15) is 6.92 Å². The number of fused-ring (bicyclic) bond motifs is 1. The Hall–Kier alpha value is -3.12. The summed E-state index contributed by atoms with van der Waals surface area (Å²) in [7, 11) is 1.66. The van der Waals surface area contributed by atoms with Crippen molar-refractivity contribution in [3.8, 4) is 34.3 Å². The third-order valence-corrected chi connectivity index (χ3v) is 4.97. The van der Waals surface area contributed by atoms with Crippen LogP contribution in [0.25, 0.3) is 21.3 Å². The van der Waals surface area contributed by atoms with Crippen molar-refractivity contribution in [3.63, 3.8) is 0 Å². The van der Waals surface area contributed by atoms with Gasteiger partial charge < -0.3 is 14.2 Å². The minimum atomic E-state index is 0.538. The molecule has 0 saturated carbocycles. The third kappa shape index (κ3) is 3.57. The summed E-state index contributed by atoms with van der Waals surface area (Å²) in [5.74, 6) is 2.87. The van der Waals surface area contributed by atoms with Crippen molar-refractivity contribution in [2.75, 3.05) is 13.7 Å². The van der Waals surface area contributed by atoms with Gasteiger partial charge in [-0.3, -0.25) is 0 Å². The Labute approximate surface area is 161 Å². The summed E-state index contributed by atoms with van der Waals surface area (Å²) in [6.45, 7) is 2.59. The van der Waals surface area contributed by atoms with Crippen molar-refractivity contribution in [2.45, 2.75) is 6.92 Å². The molecule has 0 radical (unpaired) electrons. The van der Waals surface area contributed by atoms with Crippen LogP contribution in [-0.4, -0.2) is 23.7 Å². The van der Waals surface area contributed by atoms with E-state index in [2.05, 4.69) is 15.3 Å². The minimum Gasteiger partial charge on any atom is -0.497 e. The molecular weight excluding hydrogens is 360 g/mol. The van der Waals surface area contributed by atoms with Crippen LogP contribution >= 0.6 is 11.3 Å². The van der Waals surface area contributed by atoms with E-state index in [1.165, 1.54) is 6.33 Å². The molecule has 2 aromatic heterocycles. The SMILES string of the molecule is CCOc1ccc(Oc2ncnc3scc(-c4ccc(OC)cc4)c23)cc1. The van der Waals surface area contributed by atoms with Gasteiger partial charge in [0, 0.05) is 10.9 Å². The van der Waals surface area contributed by atoms with E-state index in [9.17, 15) is 0 Å². The zero-order valence-electron chi connectivity index (χ0n) is 15.0. The molecule has 0 aliphatic rings. The van der Waals surface area contributed by atoms with Crippen LogP contribution in [0.3, 0.4) is 0 Å². The van der Waals surface area contributed by atoms with Crippen LogP contribution in [0.15, 0.2) is 60.2 Å². The summed E-state index contributed by atoms with van der Waals surface area (Å²) in [5.41, 5.74) is 2.10. The Morgan fingerprint density at radius 2 is 1.59 bits per heavy atom. The molecular formula is C21H18N2O3S. The van der Waals surface area contributed by atoms with Gasteiger partial charge >= 0.3 is 0 Å². The number of aromatic nitrogens is 2. The summed E-state index contributed by atoms with van der Waals surface area (Å²) < 4.78 is 16.8. The summed E-state index contributed by atoms with van der Waals surface area (Å²) in [6.07, 6.45) is 1.53. The van der Waals surface area contributed by atoms with Gasteiger partial charge in [-0.2, -0.15) is 0 Å². The van der Waals surface area contributed by atoms with E-state index in [1.54, 1.807) is 18.4 Å². The summed E-state index contributed by atoms with van der Waals surface area (Å²) in [5, 5.41) is 2.98. The number of hydrogen-bond donors (Lipinski definition) is 0.